The van der Waals surface area contributed by atoms with Crippen molar-refractivity contribution >= 4 is 47.0 Å². The molecule has 164 valence electrons. The number of carbonyl (C=O) groups excluding carboxylic acids is 3. The Labute approximate surface area is 189 Å². The van der Waals surface area contributed by atoms with Gasteiger partial charge in [0.25, 0.3) is 0 Å². The lowest BCUT2D eigenvalue weighted by Gasteiger charge is -2.31. The van der Waals surface area contributed by atoms with Crippen LogP contribution in [-0.4, -0.2) is 30.2 Å². The maximum Gasteiger partial charge on any atom is 0.238 e. The van der Waals surface area contributed by atoms with Gasteiger partial charge in [0.1, 0.15) is 11.6 Å². The summed E-state index contributed by atoms with van der Waals surface area (Å²) >= 11 is 11.9. The Kier molecular flexibility index (Phi) is 7.64. The summed E-state index contributed by atoms with van der Waals surface area (Å²) in [6.45, 7) is 1.94. The first-order chi connectivity index (χ1) is 14.8. The van der Waals surface area contributed by atoms with Gasteiger partial charge in [0, 0.05) is 42.1 Å². The first-order valence-corrected chi connectivity index (χ1v) is 10.5. The highest BCUT2D eigenvalue weighted by atomic mass is 35.5. The van der Waals surface area contributed by atoms with Crippen molar-refractivity contribution < 1.29 is 18.8 Å². The fraction of sp³-hybridized carbons (Fsp3) is 0.318. The van der Waals surface area contributed by atoms with E-state index in [1.54, 1.807) is 37.3 Å². The second-order valence-corrected chi connectivity index (χ2v) is 8.35. The molecule has 0 bridgehead atoms. The molecule has 1 fully saturated rings. The topological polar surface area (TPSA) is 87.3 Å². The smallest absolute Gasteiger partial charge is 0.238 e. The number of rotatable bonds is 9. The number of hydrogen-bond acceptors (Lipinski definition) is 4. The summed E-state index contributed by atoms with van der Waals surface area (Å²) in [5, 5.41) is 9.01. The zero-order valence-corrected chi connectivity index (χ0v) is 18.3. The zero-order chi connectivity index (χ0) is 22.5. The number of carbonyl (C=O) groups is 3. The third kappa shape index (κ3) is 5.61. The van der Waals surface area contributed by atoms with E-state index in [1.165, 1.54) is 6.07 Å². The van der Waals surface area contributed by atoms with Gasteiger partial charge in [0.05, 0.1) is 11.1 Å². The van der Waals surface area contributed by atoms with Crippen molar-refractivity contribution in [1.82, 2.24) is 10.6 Å². The number of nitrogens with one attached hydrogen (secondary N) is 3. The molecule has 0 aromatic heterocycles. The third-order valence-corrected chi connectivity index (χ3v) is 5.87. The van der Waals surface area contributed by atoms with Crippen molar-refractivity contribution in [2.75, 3.05) is 5.32 Å². The first kappa shape index (κ1) is 23.2. The fourth-order valence-corrected chi connectivity index (χ4v) is 3.91. The minimum absolute atomic E-state index is 0.0248. The Balaban J connectivity index is 1.83. The van der Waals surface area contributed by atoms with Gasteiger partial charge in [-0.15, -0.1) is 0 Å². The number of anilines is 1. The molecule has 2 unspecified atom stereocenters. The van der Waals surface area contributed by atoms with Gasteiger partial charge in [-0.1, -0.05) is 48.3 Å². The molecule has 0 heterocycles. The average Bonchev–Trinajstić information content (AvgIpc) is 2.70. The van der Waals surface area contributed by atoms with Crippen molar-refractivity contribution in [3.63, 3.8) is 0 Å². The van der Waals surface area contributed by atoms with E-state index in [1.807, 2.05) is 0 Å². The van der Waals surface area contributed by atoms with Gasteiger partial charge in [0.2, 0.25) is 12.3 Å². The normalized spacial score (nSPS) is 15.7. The van der Waals surface area contributed by atoms with Crippen LogP contribution in [0.25, 0.3) is 0 Å². The van der Waals surface area contributed by atoms with E-state index in [0.717, 1.165) is 0 Å². The van der Waals surface area contributed by atoms with Gasteiger partial charge in [-0.3, -0.25) is 14.4 Å². The molecule has 1 aliphatic carbocycles. The highest BCUT2D eigenvalue weighted by molar-refractivity contribution is 6.31. The van der Waals surface area contributed by atoms with Crippen molar-refractivity contribution in [3.8, 4) is 0 Å². The van der Waals surface area contributed by atoms with Gasteiger partial charge >= 0.3 is 0 Å². The number of Topliss-reactive ketones (excluding diaryl/α,β-unsaturated/α-hetero) is 1. The average molecular weight is 466 g/mol. The molecule has 1 aliphatic rings. The Hall–Kier alpha value is -2.48. The van der Waals surface area contributed by atoms with Crippen molar-refractivity contribution in [2.45, 2.75) is 44.3 Å². The molecule has 1 saturated carbocycles. The van der Waals surface area contributed by atoms with Crippen LogP contribution in [0.2, 0.25) is 10.0 Å². The molecule has 3 rings (SSSR count). The summed E-state index contributed by atoms with van der Waals surface area (Å²) in [5.74, 6) is -1.40. The van der Waals surface area contributed by atoms with Crippen molar-refractivity contribution in [3.05, 3.63) is 63.4 Å². The van der Waals surface area contributed by atoms with E-state index in [-0.39, 0.29) is 29.3 Å². The second-order valence-electron chi connectivity index (χ2n) is 7.51. The third-order valence-electron chi connectivity index (χ3n) is 5.35. The predicted molar refractivity (Wildman–Crippen MR) is 118 cm³/mol. The molecule has 2 atom stereocenters. The minimum Gasteiger partial charge on any atom is -0.351 e. The molecule has 6 nitrogen and oxygen atoms in total. The van der Waals surface area contributed by atoms with Crippen LogP contribution in [0, 0.1) is 5.82 Å². The summed E-state index contributed by atoms with van der Waals surface area (Å²) in [7, 11) is 0. The molecule has 31 heavy (non-hydrogen) atoms. The first-order valence-electron chi connectivity index (χ1n) is 9.78. The van der Waals surface area contributed by atoms with Gasteiger partial charge in [-0.05, 0) is 29.3 Å². The van der Waals surface area contributed by atoms with Gasteiger partial charge in [0.15, 0.2) is 0 Å². The maximum atomic E-state index is 14.6. The quantitative estimate of drug-likeness (QED) is 0.491. The Morgan fingerprint density at radius 3 is 2.68 bits per heavy atom. The molecule has 2 aromatic rings. The standard InChI is InChI=1S/C22H22Cl2FN3O3/c1-12(17-3-2-4-18(24)20(17)25)21(22(31)28-15-8-16(30)9-15)26-10-13-5-6-14(23)7-19(13)27-11-29/h2-7,11-12,15,21,26H,8-10H2,1H3,(H,27,29)(H,28,31). The lowest BCUT2D eigenvalue weighted by molar-refractivity contribution is -0.129. The number of ketones is 1. The zero-order valence-electron chi connectivity index (χ0n) is 16.8. The minimum atomic E-state index is -0.816. The summed E-state index contributed by atoms with van der Waals surface area (Å²) < 4.78 is 14.6. The molecular weight excluding hydrogens is 444 g/mol. The second kappa shape index (κ2) is 10.2. The fourth-order valence-electron chi connectivity index (χ4n) is 3.55. The van der Waals surface area contributed by atoms with E-state index in [4.69, 9.17) is 23.2 Å². The van der Waals surface area contributed by atoms with Crippen molar-refractivity contribution in [1.29, 1.82) is 0 Å². The number of benzene rings is 2. The summed E-state index contributed by atoms with van der Waals surface area (Å²) in [4.78, 5) is 35.2. The molecule has 3 N–H and O–H groups in total. The summed E-state index contributed by atoms with van der Waals surface area (Å²) in [6, 6.07) is 8.62. The molecule has 2 aromatic carbocycles. The van der Waals surface area contributed by atoms with Gasteiger partial charge in [-0.25, -0.2) is 4.39 Å². The molecule has 0 radical (unpaired) electrons. The number of hydrogen-bond donors (Lipinski definition) is 3. The lowest BCUT2D eigenvalue weighted by Crippen LogP contribution is -2.53. The van der Waals surface area contributed by atoms with Crippen LogP contribution in [0.1, 0.15) is 36.8 Å². The van der Waals surface area contributed by atoms with Crippen LogP contribution in [-0.2, 0) is 20.9 Å². The highest BCUT2D eigenvalue weighted by Crippen LogP contribution is 2.28. The molecule has 0 saturated heterocycles. The van der Waals surface area contributed by atoms with E-state index in [2.05, 4.69) is 16.0 Å². The Morgan fingerprint density at radius 1 is 1.26 bits per heavy atom. The predicted octanol–water partition coefficient (Wildman–Crippen LogP) is 3.81. The Bertz CT molecular complexity index is 994. The van der Waals surface area contributed by atoms with E-state index in [0.29, 0.717) is 41.1 Å². The van der Waals surface area contributed by atoms with Gasteiger partial charge < -0.3 is 16.0 Å². The summed E-state index contributed by atoms with van der Waals surface area (Å²) in [6.07, 6.45) is 1.13. The van der Waals surface area contributed by atoms with Gasteiger partial charge in [-0.2, -0.15) is 0 Å². The molecule has 0 aliphatic heterocycles. The Morgan fingerprint density at radius 2 is 2.00 bits per heavy atom. The van der Waals surface area contributed by atoms with Crippen molar-refractivity contribution in [2.24, 2.45) is 0 Å². The maximum absolute atomic E-state index is 14.6. The number of amides is 2. The van der Waals surface area contributed by atoms with E-state index in [9.17, 15) is 18.8 Å². The summed E-state index contributed by atoms with van der Waals surface area (Å²) in [5.41, 5.74) is 1.50. The van der Waals surface area contributed by atoms with E-state index >= 15 is 0 Å². The van der Waals surface area contributed by atoms with Crippen LogP contribution in [0.4, 0.5) is 10.1 Å². The molecule has 9 heteroatoms. The molecule has 2 amide bonds. The van der Waals surface area contributed by atoms with Crippen LogP contribution in [0.3, 0.4) is 0 Å². The monoisotopic (exact) mass is 465 g/mol. The van der Waals surface area contributed by atoms with Crippen LogP contribution >= 0.6 is 23.2 Å². The molecular formula is C22H22Cl2FN3O3. The highest BCUT2D eigenvalue weighted by Gasteiger charge is 2.33. The van der Waals surface area contributed by atoms with E-state index < -0.39 is 17.8 Å². The van der Waals surface area contributed by atoms with Crippen LogP contribution in [0.15, 0.2) is 36.4 Å². The number of halogens is 3. The van der Waals surface area contributed by atoms with Crippen LogP contribution < -0.4 is 16.0 Å². The largest absolute Gasteiger partial charge is 0.351 e. The van der Waals surface area contributed by atoms with Crippen LogP contribution in [0.5, 0.6) is 0 Å². The lowest BCUT2D eigenvalue weighted by atomic mass is 9.88. The molecule has 0 spiro atoms. The SMILES string of the molecule is CC(c1cccc(Cl)c1F)C(NCc1ccc(Cl)cc1NC=O)C(=O)NC1CC(=O)C1.